The third-order valence-electron chi connectivity index (χ3n) is 10.4. The molecular formula is C37H57N7O6. The van der Waals surface area contributed by atoms with Crippen LogP contribution in [0.4, 0.5) is 0 Å². The Morgan fingerprint density at radius 1 is 0.920 bits per heavy atom. The molecular weight excluding hydrogens is 638 g/mol. The number of carbonyl (C=O) groups is 6. The van der Waals surface area contributed by atoms with E-state index in [-0.39, 0.29) is 36.0 Å². The minimum Gasteiger partial charge on any atom is -0.347 e. The molecule has 50 heavy (non-hydrogen) atoms. The Balaban J connectivity index is 1.60. The van der Waals surface area contributed by atoms with E-state index >= 15 is 0 Å². The van der Waals surface area contributed by atoms with Gasteiger partial charge in [0.1, 0.15) is 23.8 Å². The van der Waals surface area contributed by atoms with E-state index in [4.69, 9.17) is 0 Å². The maximum Gasteiger partial charge on any atom is 0.289 e. The largest absolute Gasteiger partial charge is 0.347 e. The molecule has 1 aromatic rings. The van der Waals surface area contributed by atoms with Crippen LogP contribution < -0.4 is 21.3 Å². The van der Waals surface area contributed by atoms with Crippen molar-refractivity contribution in [1.82, 2.24) is 36.1 Å². The predicted molar refractivity (Wildman–Crippen MR) is 187 cm³/mol. The van der Waals surface area contributed by atoms with E-state index in [0.29, 0.717) is 6.42 Å². The summed E-state index contributed by atoms with van der Waals surface area (Å²) in [6.45, 7) is 11.5. The van der Waals surface area contributed by atoms with Gasteiger partial charge in [-0.2, -0.15) is 0 Å². The van der Waals surface area contributed by atoms with Crippen LogP contribution in [0.2, 0.25) is 0 Å². The first-order valence-corrected chi connectivity index (χ1v) is 18.5. The monoisotopic (exact) mass is 695 g/mol. The first-order chi connectivity index (χ1) is 23.7. The summed E-state index contributed by atoms with van der Waals surface area (Å²) >= 11 is 0. The number of rotatable bonds is 12. The number of carbonyl (C=O) groups excluding carboxylic acids is 6. The van der Waals surface area contributed by atoms with Crippen LogP contribution in [0.1, 0.15) is 123 Å². The highest BCUT2D eigenvalue weighted by Crippen LogP contribution is 2.31. The van der Waals surface area contributed by atoms with Gasteiger partial charge in [0.05, 0.1) is 12.2 Å². The van der Waals surface area contributed by atoms with Gasteiger partial charge < -0.3 is 26.2 Å². The molecule has 276 valence electrons. The molecule has 0 spiro atoms. The van der Waals surface area contributed by atoms with E-state index < -0.39 is 64.9 Å². The Morgan fingerprint density at radius 3 is 2.22 bits per heavy atom. The third kappa shape index (κ3) is 10.6. The van der Waals surface area contributed by atoms with Crippen molar-refractivity contribution in [3.8, 4) is 0 Å². The molecule has 4 N–H and O–H groups in total. The lowest BCUT2D eigenvalue weighted by Crippen LogP contribution is -2.63. The van der Waals surface area contributed by atoms with Crippen LogP contribution in [-0.2, 0) is 24.0 Å². The van der Waals surface area contributed by atoms with Gasteiger partial charge in [0, 0.05) is 25.0 Å². The summed E-state index contributed by atoms with van der Waals surface area (Å²) in [6, 6.07) is -3.91. The molecule has 1 unspecified atom stereocenters. The summed E-state index contributed by atoms with van der Waals surface area (Å²) in [6.07, 6.45) is 13.3. The van der Waals surface area contributed by atoms with Gasteiger partial charge in [0.2, 0.25) is 23.5 Å². The van der Waals surface area contributed by atoms with E-state index in [1.165, 1.54) is 25.5 Å². The minimum absolute atomic E-state index is 0.00228. The summed E-state index contributed by atoms with van der Waals surface area (Å²) in [5.41, 5.74) is -0.670. The molecule has 13 nitrogen and oxygen atoms in total. The van der Waals surface area contributed by atoms with Crippen molar-refractivity contribution in [2.75, 3.05) is 6.54 Å². The van der Waals surface area contributed by atoms with Gasteiger partial charge >= 0.3 is 0 Å². The first kappa shape index (κ1) is 38.9. The fourth-order valence-electron chi connectivity index (χ4n) is 7.10. The van der Waals surface area contributed by atoms with Crippen molar-refractivity contribution in [2.45, 2.75) is 142 Å². The van der Waals surface area contributed by atoms with E-state index in [2.05, 4.69) is 38.2 Å². The minimum atomic E-state index is -1.08. The summed E-state index contributed by atoms with van der Waals surface area (Å²) in [5, 5.41) is 11.3. The number of Topliss-reactive ketones (excluding diaryl/α,β-unsaturated/α-hetero) is 1. The van der Waals surface area contributed by atoms with Crippen LogP contribution in [0.3, 0.4) is 0 Å². The van der Waals surface area contributed by atoms with Crippen molar-refractivity contribution in [1.29, 1.82) is 0 Å². The lowest BCUT2D eigenvalue weighted by atomic mass is 9.81. The number of ketones is 1. The Morgan fingerprint density at radius 2 is 1.62 bits per heavy atom. The Bertz CT molecular complexity index is 1370. The molecule has 2 saturated carbocycles. The van der Waals surface area contributed by atoms with Gasteiger partial charge in [-0.05, 0) is 68.6 Å². The second kappa shape index (κ2) is 17.4. The van der Waals surface area contributed by atoms with E-state index in [1.54, 1.807) is 4.90 Å². The molecule has 0 aromatic carbocycles. The van der Waals surface area contributed by atoms with Gasteiger partial charge in [0.25, 0.3) is 11.8 Å². The number of nitrogens with one attached hydrogen (secondary N) is 4. The average Bonchev–Trinajstić information content (AvgIpc) is 3.91. The van der Waals surface area contributed by atoms with Crippen LogP contribution >= 0.6 is 0 Å². The molecule has 2 heterocycles. The van der Waals surface area contributed by atoms with Crippen LogP contribution in [-0.4, -0.2) is 86.9 Å². The Labute approximate surface area is 296 Å². The molecule has 1 saturated heterocycles. The topological polar surface area (TPSA) is 180 Å². The van der Waals surface area contributed by atoms with Crippen molar-refractivity contribution >= 4 is 35.3 Å². The zero-order chi connectivity index (χ0) is 36.6. The normalized spacial score (nSPS) is 23.6. The molecule has 6 atom stereocenters. The zero-order valence-corrected chi connectivity index (χ0v) is 30.6. The number of hydrogen-bond donors (Lipinski definition) is 4. The van der Waals surface area contributed by atoms with E-state index in [1.807, 2.05) is 27.7 Å². The highest BCUT2D eigenvalue weighted by Gasteiger charge is 2.44. The molecule has 4 rings (SSSR count). The molecule has 13 heteroatoms. The fraction of sp³-hybridized carbons (Fsp3) is 0.730. The molecule has 3 fully saturated rings. The van der Waals surface area contributed by atoms with Gasteiger partial charge in [-0.15, -0.1) is 0 Å². The van der Waals surface area contributed by atoms with Crippen molar-refractivity contribution in [3.05, 3.63) is 24.3 Å². The lowest BCUT2D eigenvalue weighted by Gasteiger charge is -2.42. The summed E-state index contributed by atoms with van der Waals surface area (Å²) in [7, 11) is 0. The van der Waals surface area contributed by atoms with Crippen LogP contribution in [0.15, 0.2) is 18.6 Å². The van der Waals surface area contributed by atoms with Crippen molar-refractivity contribution in [2.24, 2.45) is 23.2 Å². The Kier molecular flexibility index (Phi) is 13.5. The van der Waals surface area contributed by atoms with Crippen LogP contribution in [0.25, 0.3) is 0 Å². The summed E-state index contributed by atoms with van der Waals surface area (Å²) in [4.78, 5) is 91.3. The van der Waals surface area contributed by atoms with Gasteiger partial charge in [0.15, 0.2) is 0 Å². The maximum absolute atomic E-state index is 14.8. The molecule has 5 amide bonds. The predicted octanol–water partition coefficient (Wildman–Crippen LogP) is 3.08. The fourth-order valence-corrected chi connectivity index (χ4v) is 7.10. The van der Waals surface area contributed by atoms with Gasteiger partial charge in [-0.25, -0.2) is 4.98 Å². The smallest absolute Gasteiger partial charge is 0.289 e. The molecule has 0 bridgehead atoms. The highest BCUT2D eigenvalue weighted by molar-refractivity contribution is 6.38. The molecule has 3 aliphatic rings. The van der Waals surface area contributed by atoms with Crippen molar-refractivity contribution in [3.63, 3.8) is 0 Å². The lowest BCUT2D eigenvalue weighted by molar-refractivity contribution is -0.148. The SMILES string of the molecule is CCC1CC[C@H](C)CN(C(=O)[C@@H](NC(=O)[C@@H](NC(=O)c2cnccn2)C2CCCCC2)C(C)(C)C)[C@H](C(=O)N[C@@H](C)C(=O)C(=O)NC2CC2)C1. The quantitative estimate of drug-likeness (QED) is 0.241. The zero-order valence-electron chi connectivity index (χ0n) is 30.6. The number of likely N-dealkylation sites (tertiary alicyclic amines) is 1. The molecule has 0 radical (unpaired) electrons. The molecule has 1 aliphatic heterocycles. The average molecular weight is 696 g/mol. The number of amides is 5. The summed E-state index contributed by atoms with van der Waals surface area (Å²) in [5.74, 6) is -3.22. The molecule has 2 aliphatic carbocycles. The Hall–Kier alpha value is -3.90. The van der Waals surface area contributed by atoms with Crippen LogP contribution in [0, 0.1) is 23.2 Å². The number of aromatic nitrogens is 2. The van der Waals surface area contributed by atoms with Gasteiger partial charge in [-0.3, -0.25) is 33.8 Å². The number of hydrogen-bond acceptors (Lipinski definition) is 8. The van der Waals surface area contributed by atoms with Gasteiger partial charge in [-0.1, -0.05) is 66.7 Å². The standard InChI is InChI=1S/C37H57N7O6/c1-7-24-14-13-22(2)21-44(28(19-24)33(47)40-23(3)30(45)35(49)41-26-15-16-26)36(50)31(37(4,5)6)43-34(48)29(25-11-9-8-10-12-25)42-32(46)27-20-38-17-18-39-27/h17-18,20,22-26,28-29,31H,7-16,19,21H2,1-6H3,(H,40,47)(H,41,49)(H,42,46)(H,43,48)/t22-,23-,24?,28-,29-,31+/m0/s1. The van der Waals surface area contributed by atoms with E-state index in [9.17, 15) is 28.8 Å². The maximum atomic E-state index is 14.8. The van der Waals surface area contributed by atoms with E-state index in [0.717, 1.165) is 64.2 Å². The second-order valence-electron chi connectivity index (χ2n) is 15.8. The third-order valence-corrected chi connectivity index (χ3v) is 10.4. The summed E-state index contributed by atoms with van der Waals surface area (Å²) < 4.78 is 0. The molecule has 1 aromatic heterocycles. The highest BCUT2D eigenvalue weighted by atomic mass is 16.2. The second-order valence-corrected chi connectivity index (χ2v) is 15.8. The van der Waals surface area contributed by atoms with Crippen molar-refractivity contribution < 1.29 is 28.8 Å². The first-order valence-electron chi connectivity index (χ1n) is 18.5. The van der Waals surface area contributed by atoms with Crippen LogP contribution in [0.5, 0.6) is 0 Å². The number of nitrogens with zero attached hydrogens (tertiary/aromatic N) is 3.